The van der Waals surface area contributed by atoms with Crippen molar-refractivity contribution in [3.63, 3.8) is 0 Å². The first-order valence-corrected chi connectivity index (χ1v) is 7.45. The number of nitrogens with one attached hydrogen (secondary N) is 1. The topological polar surface area (TPSA) is 77.0 Å². The summed E-state index contributed by atoms with van der Waals surface area (Å²) in [6.07, 6.45) is 3.04. The zero-order chi connectivity index (χ0) is 16.1. The first-order chi connectivity index (χ1) is 11.2. The van der Waals surface area contributed by atoms with Crippen LogP contribution in [0.15, 0.2) is 48.8 Å². The van der Waals surface area contributed by atoms with E-state index in [1.54, 1.807) is 30.5 Å². The quantitative estimate of drug-likeness (QED) is 0.778. The highest BCUT2D eigenvalue weighted by atomic mass is 32.1. The van der Waals surface area contributed by atoms with E-state index in [2.05, 4.69) is 20.5 Å². The van der Waals surface area contributed by atoms with Gasteiger partial charge in [-0.05, 0) is 24.3 Å². The highest BCUT2D eigenvalue weighted by Crippen LogP contribution is 2.20. The van der Waals surface area contributed by atoms with Crippen LogP contribution in [0.3, 0.4) is 0 Å². The van der Waals surface area contributed by atoms with Crippen molar-refractivity contribution in [2.45, 2.75) is 6.61 Å². The number of hydrogen-bond acceptors (Lipinski definition) is 6. The molecule has 0 aliphatic carbocycles. The number of ether oxygens (including phenoxy) is 1. The lowest BCUT2D eigenvalue weighted by molar-refractivity contribution is 0.102. The lowest BCUT2D eigenvalue weighted by Gasteiger charge is -2.03. The van der Waals surface area contributed by atoms with E-state index in [9.17, 15) is 9.18 Å². The first kappa shape index (κ1) is 15.0. The molecule has 0 bridgehead atoms. The van der Waals surface area contributed by atoms with Gasteiger partial charge in [0.1, 0.15) is 6.61 Å². The molecule has 3 rings (SSSR count). The van der Waals surface area contributed by atoms with Gasteiger partial charge in [0, 0.05) is 12.4 Å². The van der Waals surface area contributed by atoms with Crippen LogP contribution in [-0.2, 0) is 6.61 Å². The van der Waals surface area contributed by atoms with Crippen LogP contribution in [0.25, 0.3) is 0 Å². The first-order valence-electron chi connectivity index (χ1n) is 6.63. The van der Waals surface area contributed by atoms with Crippen LogP contribution in [0.1, 0.15) is 15.4 Å². The van der Waals surface area contributed by atoms with Crippen LogP contribution >= 0.6 is 11.3 Å². The molecule has 0 radical (unpaired) electrons. The Kier molecular flexibility index (Phi) is 4.53. The second-order valence-electron chi connectivity index (χ2n) is 4.42. The fourth-order valence-electron chi connectivity index (χ4n) is 1.73. The largest absolute Gasteiger partial charge is 0.483 e. The third kappa shape index (κ3) is 3.86. The lowest BCUT2D eigenvalue weighted by atomic mass is 10.3. The second kappa shape index (κ2) is 6.93. The van der Waals surface area contributed by atoms with E-state index >= 15 is 0 Å². The highest BCUT2D eigenvalue weighted by molar-refractivity contribution is 7.15. The zero-order valence-corrected chi connectivity index (χ0v) is 12.6. The van der Waals surface area contributed by atoms with Crippen molar-refractivity contribution < 1.29 is 13.9 Å². The smallest absolute Gasteiger partial charge is 0.259 e. The monoisotopic (exact) mass is 330 g/mol. The maximum absolute atomic E-state index is 13.4. The molecule has 0 saturated carbocycles. The second-order valence-corrected chi connectivity index (χ2v) is 5.48. The summed E-state index contributed by atoms with van der Waals surface area (Å²) in [6, 6.07) is 9.42. The molecular formula is C15H11FN4O2S. The van der Waals surface area contributed by atoms with E-state index in [1.807, 2.05) is 0 Å². The van der Waals surface area contributed by atoms with E-state index in [0.29, 0.717) is 15.7 Å². The molecule has 2 aromatic heterocycles. The molecule has 23 heavy (non-hydrogen) atoms. The van der Waals surface area contributed by atoms with Gasteiger partial charge in [0.05, 0.1) is 5.56 Å². The number of carbonyl (C=O) groups excluding carboxylic acids is 1. The van der Waals surface area contributed by atoms with E-state index in [-0.39, 0.29) is 18.3 Å². The van der Waals surface area contributed by atoms with Gasteiger partial charge in [-0.1, -0.05) is 23.5 Å². The van der Waals surface area contributed by atoms with E-state index < -0.39 is 5.82 Å². The molecule has 8 heteroatoms. The molecular weight excluding hydrogens is 319 g/mol. The number of rotatable bonds is 5. The Morgan fingerprint density at radius 1 is 1.22 bits per heavy atom. The molecule has 0 atom stereocenters. The molecule has 0 saturated heterocycles. The summed E-state index contributed by atoms with van der Waals surface area (Å²) >= 11 is 1.16. The van der Waals surface area contributed by atoms with E-state index in [1.165, 1.54) is 18.3 Å². The molecule has 6 nitrogen and oxygen atoms in total. The van der Waals surface area contributed by atoms with Gasteiger partial charge < -0.3 is 4.74 Å². The minimum atomic E-state index is -0.442. The number of hydrogen-bond donors (Lipinski definition) is 1. The molecule has 0 spiro atoms. The lowest BCUT2D eigenvalue weighted by Crippen LogP contribution is -2.11. The van der Waals surface area contributed by atoms with E-state index in [4.69, 9.17) is 4.74 Å². The van der Waals surface area contributed by atoms with Gasteiger partial charge in [-0.2, -0.15) is 0 Å². The normalized spacial score (nSPS) is 10.3. The SMILES string of the molecule is O=C(Nc1nnc(COc2ccccc2F)s1)c1cccnc1. The molecule has 1 aromatic carbocycles. The van der Waals surface area contributed by atoms with Gasteiger partial charge in [-0.15, -0.1) is 10.2 Å². The zero-order valence-electron chi connectivity index (χ0n) is 11.8. The van der Waals surface area contributed by atoms with Crippen molar-refractivity contribution in [3.8, 4) is 5.75 Å². The number of para-hydroxylation sites is 1. The fourth-order valence-corrected chi connectivity index (χ4v) is 2.38. The average Bonchev–Trinajstić information content (AvgIpc) is 3.02. The number of benzene rings is 1. The summed E-state index contributed by atoms with van der Waals surface area (Å²) in [5, 5.41) is 11.2. The summed E-state index contributed by atoms with van der Waals surface area (Å²) in [7, 11) is 0. The third-order valence-electron chi connectivity index (χ3n) is 2.80. The predicted molar refractivity (Wildman–Crippen MR) is 82.8 cm³/mol. The van der Waals surface area contributed by atoms with Gasteiger partial charge in [0.25, 0.3) is 5.91 Å². The molecule has 3 aromatic rings. The molecule has 0 aliphatic heterocycles. The van der Waals surface area contributed by atoms with Gasteiger partial charge >= 0.3 is 0 Å². The molecule has 0 fully saturated rings. The number of amides is 1. The number of nitrogens with zero attached hydrogens (tertiary/aromatic N) is 3. The predicted octanol–water partition coefficient (Wildman–Crippen LogP) is 2.90. The Balaban J connectivity index is 1.60. The minimum absolute atomic E-state index is 0.0708. The summed E-state index contributed by atoms with van der Waals surface area (Å²) in [5.74, 6) is -0.624. The van der Waals surface area contributed by atoms with Gasteiger partial charge in [0.15, 0.2) is 16.6 Å². The summed E-state index contributed by atoms with van der Waals surface area (Å²) in [6.45, 7) is 0.0708. The van der Waals surface area contributed by atoms with Crippen LogP contribution < -0.4 is 10.1 Å². The summed E-state index contributed by atoms with van der Waals surface area (Å²) < 4.78 is 18.8. The third-order valence-corrected chi connectivity index (χ3v) is 3.61. The average molecular weight is 330 g/mol. The van der Waals surface area contributed by atoms with Gasteiger partial charge in [0.2, 0.25) is 5.13 Å². The van der Waals surface area contributed by atoms with Crippen molar-refractivity contribution in [2.75, 3.05) is 5.32 Å². The van der Waals surface area contributed by atoms with Crippen LogP contribution in [-0.4, -0.2) is 21.1 Å². The van der Waals surface area contributed by atoms with Crippen molar-refractivity contribution in [2.24, 2.45) is 0 Å². The molecule has 116 valence electrons. The fraction of sp³-hybridized carbons (Fsp3) is 0.0667. The van der Waals surface area contributed by atoms with Crippen molar-refractivity contribution in [1.82, 2.24) is 15.2 Å². The maximum atomic E-state index is 13.4. The van der Waals surface area contributed by atoms with Crippen molar-refractivity contribution in [1.29, 1.82) is 0 Å². The Morgan fingerprint density at radius 3 is 2.87 bits per heavy atom. The molecule has 2 heterocycles. The minimum Gasteiger partial charge on any atom is -0.483 e. The van der Waals surface area contributed by atoms with Crippen LogP contribution in [0, 0.1) is 5.82 Å². The Hall–Kier alpha value is -2.87. The standard InChI is InChI=1S/C15H11FN4O2S/c16-11-5-1-2-6-12(11)22-9-13-19-20-15(23-13)18-14(21)10-4-3-7-17-8-10/h1-8H,9H2,(H,18,20,21). The van der Waals surface area contributed by atoms with Gasteiger partial charge in [-0.3, -0.25) is 15.1 Å². The Morgan fingerprint density at radius 2 is 2.09 bits per heavy atom. The number of anilines is 1. The molecule has 1 amide bonds. The van der Waals surface area contributed by atoms with Crippen LogP contribution in [0.5, 0.6) is 5.75 Å². The van der Waals surface area contributed by atoms with Crippen molar-refractivity contribution >= 4 is 22.4 Å². The Labute approximate surface area is 135 Å². The molecule has 0 aliphatic rings. The summed E-state index contributed by atoms with van der Waals surface area (Å²) in [5.41, 5.74) is 0.423. The van der Waals surface area contributed by atoms with E-state index in [0.717, 1.165) is 11.3 Å². The molecule has 0 unspecified atom stereocenters. The van der Waals surface area contributed by atoms with Crippen LogP contribution in [0.2, 0.25) is 0 Å². The maximum Gasteiger partial charge on any atom is 0.259 e. The van der Waals surface area contributed by atoms with Crippen LogP contribution in [0.4, 0.5) is 9.52 Å². The van der Waals surface area contributed by atoms with Gasteiger partial charge in [-0.25, -0.2) is 4.39 Å². The summed E-state index contributed by atoms with van der Waals surface area (Å²) in [4.78, 5) is 15.8. The number of carbonyl (C=O) groups is 1. The number of halogens is 1. The Bertz CT molecular complexity index is 810. The highest BCUT2D eigenvalue weighted by Gasteiger charge is 2.11. The number of pyridine rings is 1. The number of aromatic nitrogens is 3. The van der Waals surface area contributed by atoms with Crippen molar-refractivity contribution in [3.05, 3.63) is 65.2 Å². The molecule has 1 N–H and O–H groups in total.